The lowest BCUT2D eigenvalue weighted by molar-refractivity contribution is -0.171. The van der Waals surface area contributed by atoms with E-state index in [0.717, 1.165) is 21.6 Å². The molecule has 10 nitrogen and oxygen atoms in total. The third-order valence-electron chi connectivity index (χ3n) is 8.75. The number of carbonyl (C=O) groups is 5. The maximum Gasteiger partial charge on any atom is 0.329 e. The van der Waals surface area contributed by atoms with Crippen molar-refractivity contribution in [3.8, 4) is 0 Å². The van der Waals surface area contributed by atoms with Crippen molar-refractivity contribution in [3.05, 3.63) is 59.2 Å². The van der Waals surface area contributed by atoms with Gasteiger partial charge in [0, 0.05) is 33.9 Å². The molecule has 0 aliphatic carbocycles. The van der Waals surface area contributed by atoms with Gasteiger partial charge in [-0.1, -0.05) is 91.8 Å². The second kappa shape index (κ2) is 19.9. The summed E-state index contributed by atoms with van der Waals surface area (Å²) in [5.74, 6) is -3.73. The zero-order valence-corrected chi connectivity index (χ0v) is 34.8. The molecule has 0 bridgehead atoms. The summed E-state index contributed by atoms with van der Waals surface area (Å²) in [6.07, 6.45) is 2.84. The van der Waals surface area contributed by atoms with E-state index in [9.17, 15) is 24.0 Å². The Morgan fingerprint density at radius 1 is 0.811 bits per heavy atom. The van der Waals surface area contributed by atoms with Crippen molar-refractivity contribution in [2.45, 2.75) is 145 Å². The SMILES string of the molecule is C/C=C\C(=C/COC(=O)[C@H](CC(C)C)N(C)C(=O)[C@@H](C)OC(=O)[C@H](CC(C)(C)F)N(C)C(=O)[C@@H](Cc1ccc(C(C)(C)C)cc1)OC(C)=O)C(C)(C)C. The Balaban J connectivity index is 3.27. The van der Waals surface area contributed by atoms with Crippen LogP contribution >= 0.6 is 0 Å². The second-order valence-corrected chi connectivity index (χ2v) is 16.8. The quantitative estimate of drug-likeness (QED) is 0.0925. The number of nitrogens with zero attached hydrogens (tertiary/aromatic N) is 2. The molecule has 298 valence electrons. The summed E-state index contributed by atoms with van der Waals surface area (Å²) in [6.45, 7) is 23.2. The number of esters is 3. The largest absolute Gasteiger partial charge is 0.460 e. The lowest BCUT2D eigenvalue weighted by Gasteiger charge is -2.33. The molecule has 0 saturated carbocycles. The highest BCUT2D eigenvalue weighted by atomic mass is 19.1. The van der Waals surface area contributed by atoms with E-state index in [1.54, 1.807) is 0 Å². The molecular weight excluding hydrogens is 679 g/mol. The Hall–Kier alpha value is -4.02. The Morgan fingerprint density at radius 2 is 1.36 bits per heavy atom. The van der Waals surface area contributed by atoms with Crippen LogP contribution in [0.1, 0.15) is 114 Å². The lowest BCUT2D eigenvalue weighted by atomic mass is 9.86. The molecule has 0 radical (unpaired) electrons. The van der Waals surface area contributed by atoms with Crippen LogP contribution in [0.4, 0.5) is 4.39 Å². The van der Waals surface area contributed by atoms with E-state index in [2.05, 4.69) is 41.5 Å². The van der Waals surface area contributed by atoms with Gasteiger partial charge in [-0.15, -0.1) is 0 Å². The van der Waals surface area contributed by atoms with Gasteiger partial charge in [-0.25, -0.2) is 14.0 Å². The second-order valence-electron chi connectivity index (χ2n) is 16.8. The molecule has 2 amide bonds. The molecule has 53 heavy (non-hydrogen) atoms. The van der Waals surface area contributed by atoms with Crippen LogP contribution in [0.5, 0.6) is 0 Å². The molecule has 0 aliphatic rings. The van der Waals surface area contributed by atoms with Gasteiger partial charge in [0.15, 0.2) is 12.2 Å². The molecule has 0 spiro atoms. The van der Waals surface area contributed by atoms with E-state index in [0.29, 0.717) is 6.42 Å². The zero-order valence-electron chi connectivity index (χ0n) is 34.8. The van der Waals surface area contributed by atoms with Gasteiger partial charge < -0.3 is 24.0 Å². The maximum atomic E-state index is 15.2. The number of carbonyl (C=O) groups excluding carboxylic acids is 5. The van der Waals surface area contributed by atoms with E-state index in [-0.39, 0.29) is 29.8 Å². The number of allylic oxidation sites excluding steroid dienone is 3. The molecule has 4 atom stereocenters. The van der Waals surface area contributed by atoms with Crippen LogP contribution < -0.4 is 0 Å². The van der Waals surface area contributed by atoms with E-state index in [1.807, 2.05) is 63.3 Å². The van der Waals surface area contributed by atoms with Crippen LogP contribution in [0.3, 0.4) is 0 Å². The van der Waals surface area contributed by atoms with Crippen LogP contribution in [0.25, 0.3) is 0 Å². The first kappa shape index (κ1) is 47.0. The van der Waals surface area contributed by atoms with E-state index in [1.165, 1.54) is 46.7 Å². The fourth-order valence-electron chi connectivity index (χ4n) is 5.67. The van der Waals surface area contributed by atoms with Gasteiger partial charge in [0.05, 0.1) is 0 Å². The minimum atomic E-state index is -1.93. The molecule has 0 fully saturated rings. The standard InChI is InChI=1S/C42H65FN2O8/c1-16-17-31(40(6,7)8)22-23-51-38(49)33(24-27(2)3)44(14)36(47)28(4)52-39(50)34(26-42(12,13)43)45(15)37(48)35(53-29(5)46)25-30-18-20-32(21-19-30)41(9,10)11/h16-22,27-28,33-35H,23-26H2,1-15H3/b17-16-,31-22+/t28-,33+,34+,35-/m1/s1. The molecule has 0 saturated heterocycles. The lowest BCUT2D eigenvalue weighted by Crippen LogP contribution is -2.53. The van der Waals surface area contributed by atoms with Gasteiger partial charge in [-0.05, 0) is 73.6 Å². The van der Waals surface area contributed by atoms with Gasteiger partial charge >= 0.3 is 17.9 Å². The van der Waals surface area contributed by atoms with Crippen LogP contribution in [-0.2, 0) is 50.0 Å². The van der Waals surface area contributed by atoms with Crippen molar-refractivity contribution < 1.29 is 42.6 Å². The third-order valence-corrected chi connectivity index (χ3v) is 8.75. The van der Waals surface area contributed by atoms with Crippen molar-refractivity contribution in [3.63, 3.8) is 0 Å². The topological polar surface area (TPSA) is 120 Å². The average Bonchev–Trinajstić information content (AvgIpc) is 3.02. The highest BCUT2D eigenvalue weighted by Gasteiger charge is 2.40. The highest BCUT2D eigenvalue weighted by Crippen LogP contribution is 2.27. The Kier molecular flexibility index (Phi) is 17.6. The monoisotopic (exact) mass is 744 g/mol. The fourth-order valence-corrected chi connectivity index (χ4v) is 5.67. The first-order valence-corrected chi connectivity index (χ1v) is 18.4. The van der Waals surface area contributed by atoms with E-state index >= 15 is 4.39 Å². The van der Waals surface area contributed by atoms with Crippen LogP contribution in [-0.4, -0.2) is 90.2 Å². The van der Waals surface area contributed by atoms with E-state index in [4.69, 9.17) is 14.2 Å². The minimum absolute atomic E-state index is 0.00850. The number of benzene rings is 1. The number of ether oxygens (including phenoxy) is 3. The minimum Gasteiger partial charge on any atom is -0.460 e. The van der Waals surface area contributed by atoms with Gasteiger partial charge in [0.25, 0.3) is 11.8 Å². The fraction of sp³-hybridized carbons (Fsp3) is 0.643. The summed E-state index contributed by atoms with van der Waals surface area (Å²) in [5, 5.41) is 0. The van der Waals surface area contributed by atoms with Crippen molar-refractivity contribution >= 4 is 29.7 Å². The molecule has 0 heterocycles. The van der Waals surface area contributed by atoms with Gasteiger partial charge in [-0.3, -0.25) is 14.4 Å². The van der Waals surface area contributed by atoms with E-state index < -0.39 is 66.1 Å². The number of alkyl halides is 1. The first-order valence-electron chi connectivity index (χ1n) is 18.4. The third kappa shape index (κ3) is 15.9. The number of halogens is 1. The highest BCUT2D eigenvalue weighted by molar-refractivity contribution is 5.91. The smallest absolute Gasteiger partial charge is 0.329 e. The molecule has 1 aromatic carbocycles. The normalized spacial score (nSPS) is 15.0. The van der Waals surface area contributed by atoms with Crippen molar-refractivity contribution in [2.24, 2.45) is 11.3 Å². The summed E-state index contributed by atoms with van der Waals surface area (Å²) in [6, 6.07) is 5.12. The summed E-state index contributed by atoms with van der Waals surface area (Å²) in [7, 11) is 2.75. The summed E-state index contributed by atoms with van der Waals surface area (Å²) < 4.78 is 31.7. The Bertz CT molecular complexity index is 1460. The average molecular weight is 745 g/mol. The molecular formula is C42H65FN2O8. The Labute approximate surface area is 317 Å². The summed E-state index contributed by atoms with van der Waals surface area (Å²) in [4.78, 5) is 68.8. The predicted molar refractivity (Wildman–Crippen MR) is 206 cm³/mol. The van der Waals surface area contributed by atoms with Gasteiger partial charge in [0.2, 0.25) is 0 Å². The number of rotatable bonds is 17. The van der Waals surface area contributed by atoms with Gasteiger partial charge in [0.1, 0.15) is 24.4 Å². The van der Waals surface area contributed by atoms with Crippen molar-refractivity contribution in [1.29, 1.82) is 0 Å². The molecule has 0 unspecified atom stereocenters. The first-order chi connectivity index (χ1) is 24.2. The summed E-state index contributed by atoms with van der Waals surface area (Å²) >= 11 is 0. The van der Waals surface area contributed by atoms with Crippen LogP contribution in [0.2, 0.25) is 0 Å². The molecule has 11 heteroatoms. The number of hydrogen-bond donors (Lipinski definition) is 0. The number of likely N-dealkylation sites (N-methyl/N-ethyl adjacent to an activating group) is 2. The molecule has 0 aromatic heterocycles. The number of amides is 2. The van der Waals surface area contributed by atoms with Crippen LogP contribution in [0, 0.1) is 11.3 Å². The molecule has 0 N–H and O–H groups in total. The molecule has 1 rings (SSSR count). The predicted octanol–water partition coefficient (Wildman–Crippen LogP) is 7.32. The van der Waals surface area contributed by atoms with Gasteiger partial charge in [-0.2, -0.15) is 0 Å². The zero-order chi connectivity index (χ0) is 41.1. The maximum absolute atomic E-state index is 15.2. The number of hydrogen-bond acceptors (Lipinski definition) is 8. The van der Waals surface area contributed by atoms with Crippen LogP contribution in [0.15, 0.2) is 48.1 Å². The van der Waals surface area contributed by atoms with Crippen molar-refractivity contribution in [1.82, 2.24) is 9.80 Å². The van der Waals surface area contributed by atoms with Crippen molar-refractivity contribution in [2.75, 3.05) is 20.7 Å². The molecule has 0 aliphatic heterocycles. The molecule has 1 aromatic rings. The summed E-state index contributed by atoms with van der Waals surface area (Å²) in [5.41, 5.74) is 0.592. The Morgan fingerprint density at radius 3 is 1.81 bits per heavy atom.